The average Bonchev–Trinajstić information content (AvgIpc) is 3.03. The maximum Gasteiger partial charge on any atom is 0.526 e. The van der Waals surface area contributed by atoms with Crippen LogP contribution in [0.3, 0.4) is 0 Å². The molecule has 1 aromatic heterocycles. The molecule has 2 aromatic rings. The quantitative estimate of drug-likeness (QED) is 0.441. The zero-order valence-electron chi connectivity index (χ0n) is 18.6. The standard InChI is InChI=1S/C22H25BF2O8/c1-12(2)7-17-18(32-21(28)31-17)11-30-20(27)16-6-4-5-13-8-14(23(29)33-19(13)16)9-15(26)10-22(3,24)25/h4-6,12,14,29H,7-11H2,1-3H3/t14-/m1/s1. The number of benzene rings is 1. The van der Waals surface area contributed by atoms with Crippen molar-refractivity contribution < 1.29 is 41.6 Å². The molecule has 1 aliphatic heterocycles. The molecule has 1 aliphatic rings. The summed E-state index contributed by atoms with van der Waals surface area (Å²) < 4.78 is 46.9. The maximum atomic E-state index is 13.1. The Morgan fingerprint density at radius 3 is 2.64 bits per heavy atom. The first kappa shape index (κ1) is 24.7. The van der Waals surface area contributed by atoms with E-state index in [9.17, 15) is 28.2 Å². The largest absolute Gasteiger partial charge is 0.535 e. The molecule has 0 unspecified atom stereocenters. The highest BCUT2D eigenvalue weighted by Gasteiger charge is 2.39. The first-order valence-corrected chi connectivity index (χ1v) is 10.6. The van der Waals surface area contributed by atoms with Crippen molar-refractivity contribution in [2.24, 2.45) is 5.92 Å². The Morgan fingerprint density at radius 2 is 1.97 bits per heavy atom. The van der Waals surface area contributed by atoms with Crippen LogP contribution in [0.2, 0.25) is 5.82 Å². The van der Waals surface area contributed by atoms with Crippen molar-refractivity contribution in [3.05, 3.63) is 51.5 Å². The summed E-state index contributed by atoms with van der Waals surface area (Å²) in [7, 11) is -1.45. The molecule has 0 fully saturated rings. The van der Waals surface area contributed by atoms with Gasteiger partial charge in [0, 0.05) is 18.7 Å². The number of esters is 1. The van der Waals surface area contributed by atoms with E-state index in [0.29, 0.717) is 24.7 Å². The molecule has 0 spiro atoms. The van der Waals surface area contributed by atoms with Gasteiger partial charge in [-0.1, -0.05) is 26.0 Å². The van der Waals surface area contributed by atoms with Crippen LogP contribution in [-0.4, -0.2) is 29.8 Å². The lowest BCUT2D eigenvalue weighted by Gasteiger charge is -2.28. The highest BCUT2D eigenvalue weighted by Crippen LogP contribution is 2.37. The Bertz CT molecular complexity index is 1070. The van der Waals surface area contributed by atoms with Crippen LogP contribution in [0.5, 0.6) is 5.75 Å². The van der Waals surface area contributed by atoms with Crippen LogP contribution in [0.25, 0.3) is 0 Å². The maximum absolute atomic E-state index is 13.1. The van der Waals surface area contributed by atoms with Crippen molar-refractivity contribution in [3.8, 4) is 5.75 Å². The number of para-hydroxylation sites is 1. The Balaban J connectivity index is 1.70. The average molecular weight is 466 g/mol. The molecule has 0 amide bonds. The van der Waals surface area contributed by atoms with Gasteiger partial charge < -0.3 is 23.2 Å². The summed E-state index contributed by atoms with van der Waals surface area (Å²) in [5.41, 5.74) is 0.568. The van der Waals surface area contributed by atoms with Crippen LogP contribution in [0, 0.1) is 5.92 Å². The first-order chi connectivity index (χ1) is 15.4. The number of carbonyl (C=O) groups is 2. The molecule has 0 saturated heterocycles. The Hall–Kier alpha value is -2.95. The summed E-state index contributed by atoms with van der Waals surface area (Å²) in [6.07, 6.45) is -0.609. The van der Waals surface area contributed by atoms with Crippen molar-refractivity contribution in [3.63, 3.8) is 0 Å². The van der Waals surface area contributed by atoms with Gasteiger partial charge >= 0.3 is 18.9 Å². The van der Waals surface area contributed by atoms with Gasteiger partial charge in [-0.2, -0.15) is 0 Å². The van der Waals surface area contributed by atoms with E-state index in [-0.39, 0.29) is 42.4 Å². The zero-order valence-corrected chi connectivity index (χ0v) is 18.6. The molecule has 0 saturated carbocycles. The highest BCUT2D eigenvalue weighted by molar-refractivity contribution is 6.47. The molecule has 2 heterocycles. The summed E-state index contributed by atoms with van der Waals surface area (Å²) >= 11 is 0. The fourth-order valence-electron chi connectivity index (χ4n) is 3.71. The number of fused-ring (bicyclic) bond motifs is 1. The van der Waals surface area contributed by atoms with Gasteiger partial charge in [0.05, 0.1) is 6.42 Å². The van der Waals surface area contributed by atoms with E-state index >= 15 is 0 Å². The molecule has 1 atom stereocenters. The van der Waals surface area contributed by atoms with Gasteiger partial charge in [-0.05, 0) is 30.9 Å². The molecule has 178 valence electrons. The SMILES string of the molecule is CC(C)Cc1oc(=O)oc1COC(=O)c1cccc2c1OB(O)[C@@H](CC(=O)CC(C)(F)F)C2. The van der Waals surface area contributed by atoms with E-state index < -0.39 is 42.9 Å². The van der Waals surface area contributed by atoms with E-state index in [1.165, 1.54) is 6.07 Å². The second-order valence-corrected chi connectivity index (χ2v) is 8.73. The van der Waals surface area contributed by atoms with Crippen LogP contribution in [0.15, 0.2) is 31.8 Å². The van der Waals surface area contributed by atoms with Gasteiger partial charge in [0.25, 0.3) is 5.92 Å². The minimum Gasteiger partial charge on any atom is -0.535 e. The number of ketones is 1. The number of hydrogen-bond donors (Lipinski definition) is 1. The third kappa shape index (κ3) is 6.53. The predicted molar refractivity (Wildman–Crippen MR) is 112 cm³/mol. The molecule has 11 heteroatoms. The number of rotatable bonds is 9. The lowest BCUT2D eigenvalue weighted by Crippen LogP contribution is -2.36. The van der Waals surface area contributed by atoms with Crippen molar-refractivity contribution in [2.75, 3.05) is 0 Å². The molecule has 8 nitrogen and oxygen atoms in total. The van der Waals surface area contributed by atoms with E-state index in [1.54, 1.807) is 12.1 Å². The number of hydrogen-bond acceptors (Lipinski definition) is 8. The van der Waals surface area contributed by atoms with Gasteiger partial charge in [-0.25, -0.2) is 18.4 Å². The summed E-state index contributed by atoms with van der Waals surface area (Å²) in [6.45, 7) is 4.18. The van der Waals surface area contributed by atoms with Crippen molar-refractivity contribution >= 4 is 18.9 Å². The number of alkyl halides is 2. The fourth-order valence-corrected chi connectivity index (χ4v) is 3.71. The van der Waals surface area contributed by atoms with Gasteiger partial charge in [-0.15, -0.1) is 0 Å². The normalized spacial score (nSPS) is 15.8. The summed E-state index contributed by atoms with van der Waals surface area (Å²) in [5, 5.41) is 10.3. The lowest BCUT2D eigenvalue weighted by molar-refractivity contribution is -0.125. The van der Waals surface area contributed by atoms with E-state index in [0.717, 1.165) is 0 Å². The third-order valence-corrected chi connectivity index (χ3v) is 5.09. The molecule has 1 aromatic carbocycles. The highest BCUT2D eigenvalue weighted by atomic mass is 19.3. The van der Waals surface area contributed by atoms with Crippen molar-refractivity contribution in [2.45, 2.75) is 64.8 Å². The molecule has 1 N–H and O–H groups in total. The second-order valence-electron chi connectivity index (χ2n) is 8.73. The zero-order chi connectivity index (χ0) is 24.3. The lowest BCUT2D eigenvalue weighted by atomic mass is 9.64. The fraction of sp³-hybridized carbons (Fsp3) is 0.500. The topological polar surface area (TPSA) is 116 Å². The van der Waals surface area contributed by atoms with Gasteiger partial charge in [-0.3, -0.25) is 4.79 Å². The second kappa shape index (κ2) is 9.90. The molecular weight excluding hydrogens is 441 g/mol. The smallest absolute Gasteiger partial charge is 0.526 e. The molecule has 33 heavy (non-hydrogen) atoms. The molecule has 3 rings (SSSR count). The first-order valence-electron chi connectivity index (χ1n) is 10.6. The molecule has 0 aliphatic carbocycles. The van der Waals surface area contributed by atoms with Crippen LogP contribution in [0.4, 0.5) is 8.78 Å². The summed E-state index contributed by atoms with van der Waals surface area (Å²) in [4.78, 5) is 36.0. The Morgan fingerprint density at radius 1 is 1.27 bits per heavy atom. The van der Waals surface area contributed by atoms with Gasteiger partial charge in [0.15, 0.2) is 18.1 Å². The molecular formula is C22H25BF2O8. The van der Waals surface area contributed by atoms with E-state index in [1.807, 2.05) is 13.8 Å². The van der Waals surface area contributed by atoms with Crippen molar-refractivity contribution in [1.82, 2.24) is 0 Å². The molecule has 0 radical (unpaired) electrons. The third-order valence-electron chi connectivity index (χ3n) is 5.09. The monoisotopic (exact) mass is 466 g/mol. The van der Waals surface area contributed by atoms with Crippen LogP contribution in [0.1, 0.15) is 61.1 Å². The Kier molecular flexibility index (Phi) is 7.41. The number of carbonyl (C=O) groups excluding carboxylic acids is 2. The van der Waals surface area contributed by atoms with Crippen LogP contribution < -0.4 is 10.5 Å². The van der Waals surface area contributed by atoms with E-state index in [4.69, 9.17) is 18.2 Å². The Labute approximate surface area is 189 Å². The summed E-state index contributed by atoms with van der Waals surface area (Å²) in [5.74, 6) is -5.52. The number of ether oxygens (including phenoxy) is 1. The number of halogens is 2. The number of Topliss-reactive ketones (excluding diaryl/α,β-unsaturated/α-hetero) is 1. The minimum absolute atomic E-state index is 0.0349. The summed E-state index contributed by atoms with van der Waals surface area (Å²) in [6, 6.07) is 4.68. The van der Waals surface area contributed by atoms with Crippen LogP contribution >= 0.6 is 0 Å². The van der Waals surface area contributed by atoms with Gasteiger partial charge in [0.1, 0.15) is 17.1 Å². The minimum atomic E-state index is -3.13. The van der Waals surface area contributed by atoms with Gasteiger partial charge in [0.2, 0.25) is 0 Å². The van der Waals surface area contributed by atoms with E-state index in [2.05, 4.69) is 0 Å². The molecule has 0 bridgehead atoms. The van der Waals surface area contributed by atoms with Crippen molar-refractivity contribution in [1.29, 1.82) is 0 Å². The predicted octanol–water partition coefficient (Wildman–Crippen LogP) is 3.58. The van der Waals surface area contributed by atoms with Crippen LogP contribution in [-0.2, 0) is 29.0 Å².